The monoisotopic (exact) mass is 429 g/mol. The SMILES string of the molecule is Cc1ccc(Cn2ccc3nc(N4CCN(c5ccc(F)cc5)CC4)ncc3c2=O)cc1. The van der Waals surface area contributed by atoms with Gasteiger partial charge in [-0.05, 0) is 42.8 Å². The molecular formula is C25H24FN5O. The van der Waals surface area contributed by atoms with Crippen LogP contribution in [0.2, 0.25) is 0 Å². The molecule has 0 bridgehead atoms. The van der Waals surface area contributed by atoms with Gasteiger partial charge in [0.25, 0.3) is 5.56 Å². The van der Waals surface area contributed by atoms with Crippen molar-refractivity contribution in [1.82, 2.24) is 14.5 Å². The Balaban J connectivity index is 1.32. The van der Waals surface area contributed by atoms with Crippen molar-refractivity contribution < 1.29 is 4.39 Å². The predicted molar refractivity (Wildman–Crippen MR) is 125 cm³/mol. The first-order chi connectivity index (χ1) is 15.6. The number of nitrogens with zero attached hydrogens (tertiary/aromatic N) is 5. The minimum Gasteiger partial charge on any atom is -0.368 e. The average Bonchev–Trinajstić information content (AvgIpc) is 2.83. The standard InChI is InChI=1S/C25H24FN5O/c1-18-2-4-19(5-3-18)17-31-11-10-23-22(24(31)32)16-27-25(28-23)30-14-12-29(13-15-30)21-8-6-20(26)7-9-21/h2-11,16H,12-15,17H2,1H3. The van der Waals surface area contributed by atoms with Gasteiger partial charge in [0.2, 0.25) is 5.95 Å². The van der Waals surface area contributed by atoms with Gasteiger partial charge >= 0.3 is 0 Å². The molecule has 162 valence electrons. The number of halogens is 1. The number of benzene rings is 2. The fourth-order valence-electron chi connectivity index (χ4n) is 4.04. The Labute approximate surface area is 185 Å². The normalized spacial score (nSPS) is 14.2. The summed E-state index contributed by atoms with van der Waals surface area (Å²) in [4.78, 5) is 26.4. The van der Waals surface area contributed by atoms with Crippen molar-refractivity contribution in [2.45, 2.75) is 13.5 Å². The van der Waals surface area contributed by atoms with Gasteiger partial charge in [-0.15, -0.1) is 0 Å². The first-order valence-electron chi connectivity index (χ1n) is 10.7. The summed E-state index contributed by atoms with van der Waals surface area (Å²) in [5, 5.41) is 0.522. The molecule has 3 heterocycles. The number of aromatic nitrogens is 3. The molecule has 0 radical (unpaired) electrons. The van der Waals surface area contributed by atoms with Crippen LogP contribution in [0.1, 0.15) is 11.1 Å². The van der Waals surface area contributed by atoms with Gasteiger partial charge in [-0.3, -0.25) is 4.79 Å². The topological polar surface area (TPSA) is 54.3 Å². The molecule has 0 amide bonds. The molecule has 32 heavy (non-hydrogen) atoms. The Morgan fingerprint density at radius 3 is 2.31 bits per heavy atom. The molecule has 6 nitrogen and oxygen atoms in total. The van der Waals surface area contributed by atoms with Crippen molar-refractivity contribution in [1.29, 1.82) is 0 Å². The summed E-state index contributed by atoms with van der Waals surface area (Å²) in [5.41, 5.74) is 3.85. The lowest BCUT2D eigenvalue weighted by Gasteiger charge is -2.36. The van der Waals surface area contributed by atoms with Gasteiger partial charge in [0.1, 0.15) is 5.82 Å². The molecule has 0 atom stereocenters. The molecule has 1 fully saturated rings. The molecule has 0 saturated carbocycles. The molecule has 0 spiro atoms. The minimum absolute atomic E-state index is 0.0873. The van der Waals surface area contributed by atoms with Crippen molar-refractivity contribution in [3.05, 3.63) is 94.3 Å². The van der Waals surface area contributed by atoms with Gasteiger partial charge in [-0.2, -0.15) is 0 Å². The first-order valence-corrected chi connectivity index (χ1v) is 10.7. The molecule has 1 aliphatic heterocycles. The van der Waals surface area contributed by atoms with Crippen molar-refractivity contribution >= 4 is 22.5 Å². The van der Waals surface area contributed by atoms with Crippen LogP contribution < -0.4 is 15.4 Å². The smallest absolute Gasteiger partial charge is 0.261 e. The zero-order valence-electron chi connectivity index (χ0n) is 17.9. The van der Waals surface area contributed by atoms with E-state index in [0.717, 1.165) is 37.4 Å². The number of aryl methyl sites for hydroxylation is 1. The molecule has 0 N–H and O–H groups in total. The summed E-state index contributed by atoms with van der Waals surface area (Å²) in [6.07, 6.45) is 3.44. The van der Waals surface area contributed by atoms with Crippen LogP contribution in [-0.2, 0) is 6.54 Å². The van der Waals surface area contributed by atoms with E-state index >= 15 is 0 Å². The molecule has 2 aromatic heterocycles. The second kappa shape index (κ2) is 8.42. The molecule has 0 aliphatic carbocycles. The van der Waals surface area contributed by atoms with Gasteiger partial charge in [-0.1, -0.05) is 29.8 Å². The van der Waals surface area contributed by atoms with Crippen molar-refractivity contribution in [3.63, 3.8) is 0 Å². The Morgan fingerprint density at radius 2 is 1.59 bits per heavy atom. The van der Waals surface area contributed by atoms with E-state index in [-0.39, 0.29) is 11.4 Å². The van der Waals surface area contributed by atoms with E-state index in [2.05, 4.69) is 19.8 Å². The molecule has 0 unspecified atom stereocenters. The second-order valence-corrected chi connectivity index (χ2v) is 8.15. The summed E-state index contributed by atoms with van der Waals surface area (Å²) in [5.74, 6) is 0.404. The second-order valence-electron chi connectivity index (χ2n) is 8.15. The van der Waals surface area contributed by atoms with Crippen LogP contribution in [0.3, 0.4) is 0 Å². The molecule has 5 rings (SSSR count). The highest BCUT2D eigenvalue weighted by atomic mass is 19.1. The van der Waals surface area contributed by atoms with Gasteiger partial charge in [0, 0.05) is 44.3 Å². The van der Waals surface area contributed by atoms with Crippen LogP contribution in [0.15, 0.2) is 71.8 Å². The Bertz CT molecular complexity index is 1290. The minimum atomic E-state index is -0.227. The van der Waals surface area contributed by atoms with Crippen LogP contribution in [0.25, 0.3) is 10.9 Å². The van der Waals surface area contributed by atoms with E-state index in [1.807, 2.05) is 37.3 Å². The number of anilines is 2. The Hall–Kier alpha value is -3.74. The van der Waals surface area contributed by atoms with E-state index in [4.69, 9.17) is 0 Å². The summed E-state index contributed by atoms with van der Waals surface area (Å²) in [6.45, 7) is 5.67. The fourth-order valence-corrected chi connectivity index (χ4v) is 4.04. The van der Waals surface area contributed by atoms with Gasteiger partial charge < -0.3 is 14.4 Å². The van der Waals surface area contributed by atoms with E-state index in [1.54, 1.807) is 29.1 Å². The maximum absolute atomic E-state index is 13.2. The van der Waals surface area contributed by atoms with Gasteiger partial charge in [0.05, 0.1) is 17.4 Å². The van der Waals surface area contributed by atoms with Crippen molar-refractivity contribution in [2.75, 3.05) is 36.0 Å². The highest BCUT2D eigenvalue weighted by Gasteiger charge is 2.20. The molecule has 1 saturated heterocycles. The maximum Gasteiger partial charge on any atom is 0.261 e. The Kier molecular flexibility index (Phi) is 5.31. The largest absolute Gasteiger partial charge is 0.368 e. The van der Waals surface area contributed by atoms with Gasteiger partial charge in [0.15, 0.2) is 0 Å². The maximum atomic E-state index is 13.2. The number of pyridine rings is 1. The van der Waals surface area contributed by atoms with Gasteiger partial charge in [-0.25, -0.2) is 14.4 Å². The average molecular weight is 429 g/mol. The van der Waals surface area contributed by atoms with E-state index in [1.165, 1.54) is 17.7 Å². The van der Waals surface area contributed by atoms with Crippen molar-refractivity contribution in [3.8, 4) is 0 Å². The summed E-state index contributed by atoms with van der Waals surface area (Å²) >= 11 is 0. The molecule has 1 aliphatic rings. The highest BCUT2D eigenvalue weighted by Crippen LogP contribution is 2.20. The molecular weight excluding hydrogens is 405 g/mol. The lowest BCUT2D eigenvalue weighted by atomic mass is 10.1. The van der Waals surface area contributed by atoms with E-state index in [9.17, 15) is 9.18 Å². The number of hydrogen-bond acceptors (Lipinski definition) is 5. The van der Waals surface area contributed by atoms with Crippen LogP contribution in [0.5, 0.6) is 0 Å². The zero-order chi connectivity index (χ0) is 22.1. The fraction of sp³-hybridized carbons (Fsp3) is 0.240. The Morgan fingerprint density at radius 1 is 0.906 bits per heavy atom. The third-order valence-electron chi connectivity index (χ3n) is 5.94. The first kappa shape index (κ1) is 20.2. The molecule has 7 heteroatoms. The van der Waals surface area contributed by atoms with Crippen LogP contribution in [0, 0.1) is 12.7 Å². The van der Waals surface area contributed by atoms with E-state index in [0.29, 0.717) is 23.4 Å². The lowest BCUT2D eigenvalue weighted by molar-refractivity contribution is 0.623. The third kappa shape index (κ3) is 4.06. The number of fused-ring (bicyclic) bond motifs is 1. The summed E-state index contributed by atoms with van der Waals surface area (Å²) in [7, 11) is 0. The lowest BCUT2D eigenvalue weighted by Crippen LogP contribution is -2.47. The summed E-state index contributed by atoms with van der Waals surface area (Å²) in [6, 6.07) is 16.6. The predicted octanol–water partition coefficient (Wildman–Crippen LogP) is 3.61. The molecule has 2 aromatic carbocycles. The number of rotatable bonds is 4. The zero-order valence-corrected chi connectivity index (χ0v) is 17.9. The quantitative estimate of drug-likeness (QED) is 0.496. The summed E-state index contributed by atoms with van der Waals surface area (Å²) < 4.78 is 14.9. The van der Waals surface area contributed by atoms with Crippen LogP contribution in [-0.4, -0.2) is 40.7 Å². The van der Waals surface area contributed by atoms with Crippen LogP contribution >= 0.6 is 0 Å². The highest BCUT2D eigenvalue weighted by molar-refractivity contribution is 5.77. The number of hydrogen-bond donors (Lipinski definition) is 0. The number of piperazine rings is 1. The third-order valence-corrected chi connectivity index (χ3v) is 5.94. The van der Waals surface area contributed by atoms with Crippen LogP contribution in [0.4, 0.5) is 16.0 Å². The van der Waals surface area contributed by atoms with Crippen molar-refractivity contribution in [2.24, 2.45) is 0 Å². The molecule has 4 aromatic rings. The van der Waals surface area contributed by atoms with E-state index < -0.39 is 0 Å².